The fraction of sp³-hybridized carbons (Fsp3) is 0.600. The SMILES string of the molecule is COCc1noc(C)c1-c1ccc(NC(=O)[C@@H](NC(=O)OC(C)(C)C)C2CCC(C)CC2)nc1. The quantitative estimate of drug-likeness (QED) is 0.592. The number of rotatable bonds is 7. The van der Waals surface area contributed by atoms with Crippen molar-refractivity contribution >= 4 is 17.8 Å². The van der Waals surface area contributed by atoms with E-state index in [0.717, 1.165) is 36.8 Å². The number of carbonyl (C=O) groups excluding carboxylic acids is 2. The number of alkyl carbamates (subject to hydrolysis) is 1. The Labute approximate surface area is 201 Å². The highest BCUT2D eigenvalue weighted by Crippen LogP contribution is 2.31. The molecule has 1 aliphatic carbocycles. The number of hydrogen-bond acceptors (Lipinski definition) is 7. The highest BCUT2D eigenvalue weighted by Gasteiger charge is 2.34. The Morgan fingerprint density at radius 2 is 1.91 bits per heavy atom. The van der Waals surface area contributed by atoms with E-state index in [2.05, 4.69) is 27.7 Å². The topological polar surface area (TPSA) is 116 Å². The van der Waals surface area contributed by atoms with Crippen molar-refractivity contribution in [1.29, 1.82) is 0 Å². The molecule has 0 bridgehead atoms. The Bertz CT molecular complexity index is 972. The molecule has 1 atom stereocenters. The lowest BCUT2D eigenvalue weighted by Gasteiger charge is -2.32. The summed E-state index contributed by atoms with van der Waals surface area (Å²) in [6, 6.07) is 2.88. The number of carbonyl (C=O) groups is 2. The van der Waals surface area contributed by atoms with Gasteiger partial charge in [-0.15, -0.1) is 0 Å². The van der Waals surface area contributed by atoms with E-state index >= 15 is 0 Å². The molecule has 1 saturated carbocycles. The molecule has 2 N–H and O–H groups in total. The van der Waals surface area contributed by atoms with Gasteiger partial charge in [0.25, 0.3) is 0 Å². The Hall–Kier alpha value is -2.94. The average Bonchev–Trinajstić information content (AvgIpc) is 3.12. The Morgan fingerprint density at radius 1 is 1.21 bits per heavy atom. The summed E-state index contributed by atoms with van der Waals surface area (Å²) in [5, 5.41) is 9.70. The first-order valence-corrected chi connectivity index (χ1v) is 11.8. The van der Waals surface area contributed by atoms with Crippen LogP contribution < -0.4 is 10.6 Å². The summed E-state index contributed by atoms with van der Waals surface area (Å²) in [4.78, 5) is 30.1. The van der Waals surface area contributed by atoms with Gasteiger partial charge in [-0.25, -0.2) is 9.78 Å². The molecule has 9 nitrogen and oxygen atoms in total. The zero-order valence-corrected chi connectivity index (χ0v) is 20.9. The van der Waals surface area contributed by atoms with Crippen molar-refractivity contribution in [2.45, 2.75) is 78.6 Å². The molecule has 9 heteroatoms. The standard InChI is InChI=1S/C25H36N4O5/c1-15-7-9-17(10-8-15)22(28-24(31)33-25(3,4)5)23(30)27-20-12-11-18(13-26-20)21-16(2)34-29-19(21)14-32-6/h11-13,15,17,22H,7-10,14H2,1-6H3,(H,28,31)(H,26,27,30)/t15?,17?,22-/m0/s1. The van der Waals surface area contributed by atoms with Crippen LogP contribution in [-0.2, 0) is 20.9 Å². The molecule has 0 radical (unpaired) electrons. The summed E-state index contributed by atoms with van der Waals surface area (Å²) in [6.07, 6.45) is 4.86. The average molecular weight is 473 g/mol. The molecule has 2 amide bonds. The van der Waals surface area contributed by atoms with Crippen molar-refractivity contribution in [2.24, 2.45) is 11.8 Å². The molecule has 1 aliphatic rings. The molecule has 2 aromatic heterocycles. The molecule has 0 saturated heterocycles. The summed E-state index contributed by atoms with van der Waals surface area (Å²) in [5.41, 5.74) is 1.68. The van der Waals surface area contributed by atoms with E-state index in [1.54, 1.807) is 40.1 Å². The molecule has 0 spiro atoms. The number of nitrogens with zero attached hydrogens (tertiary/aromatic N) is 2. The summed E-state index contributed by atoms with van der Waals surface area (Å²) in [6.45, 7) is 9.76. The summed E-state index contributed by atoms with van der Waals surface area (Å²) >= 11 is 0. The lowest BCUT2D eigenvalue weighted by atomic mass is 9.79. The minimum atomic E-state index is -0.697. The first-order chi connectivity index (χ1) is 16.1. The molecule has 1 fully saturated rings. The van der Waals surface area contributed by atoms with Crippen LogP contribution in [0.2, 0.25) is 0 Å². The first-order valence-electron chi connectivity index (χ1n) is 11.8. The van der Waals surface area contributed by atoms with Gasteiger partial charge in [0, 0.05) is 18.9 Å². The van der Waals surface area contributed by atoms with Crippen LogP contribution in [0, 0.1) is 18.8 Å². The van der Waals surface area contributed by atoms with Crippen LogP contribution in [-0.4, -0.2) is 40.9 Å². The number of methoxy groups -OCH3 is 1. The fourth-order valence-corrected chi connectivity index (χ4v) is 4.29. The van der Waals surface area contributed by atoms with Crippen molar-refractivity contribution < 1.29 is 23.6 Å². The van der Waals surface area contributed by atoms with Gasteiger partial charge in [-0.3, -0.25) is 4.79 Å². The number of pyridine rings is 1. The second-order valence-corrected chi connectivity index (χ2v) is 10.1. The van der Waals surface area contributed by atoms with Crippen LogP contribution in [0.5, 0.6) is 0 Å². The maximum atomic E-state index is 13.2. The van der Waals surface area contributed by atoms with Crippen LogP contribution in [0.3, 0.4) is 0 Å². The van der Waals surface area contributed by atoms with Gasteiger partial charge in [0.15, 0.2) is 0 Å². The van der Waals surface area contributed by atoms with E-state index in [1.807, 2.05) is 13.0 Å². The summed E-state index contributed by atoms with van der Waals surface area (Å²) in [5.74, 6) is 1.43. The van der Waals surface area contributed by atoms with E-state index in [1.165, 1.54) is 0 Å². The fourth-order valence-electron chi connectivity index (χ4n) is 4.29. The van der Waals surface area contributed by atoms with E-state index in [9.17, 15) is 9.59 Å². The first kappa shape index (κ1) is 25.7. The van der Waals surface area contributed by atoms with Gasteiger partial charge >= 0.3 is 6.09 Å². The van der Waals surface area contributed by atoms with Gasteiger partial charge in [0.2, 0.25) is 5.91 Å². The van der Waals surface area contributed by atoms with Crippen molar-refractivity contribution in [2.75, 3.05) is 12.4 Å². The maximum Gasteiger partial charge on any atom is 0.408 e. The van der Waals surface area contributed by atoms with E-state index in [-0.39, 0.29) is 11.8 Å². The maximum absolute atomic E-state index is 13.2. The Kier molecular flexibility index (Phi) is 8.30. The van der Waals surface area contributed by atoms with Crippen LogP contribution in [0.4, 0.5) is 10.6 Å². The van der Waals surface area contributed by atoms with Gasteiger partial charge in [-0.05, 0) is 64.5 Å². The number of anilines is 1. The van der Waals surface area contributed by atoms with Crippen molar-refractivity contribution in [3.8, 4) is 11.1 Å². The Morgan fingerprint density at radius 3 is 2.50 bits per heavy atom. The zero-order chi connectivity index (χ0) is 24.9. The number of aryl methyl sites for hydroxylation is 1. The highest BCUT2D eigenvalue weighted by atomic mass is 16.6. The third-order valence-electron chi connectivity index (χ3n) is 6.00. The van der Waals surface area contributed by atoms with Crippen LogP contribution in [0.1, 0.15) is 64.8 Å². The number of aromatic nitrogens is 2. The third-order valence-corrected chi connectivity index (χ3v) is 6.00. The van der Waals surface area contributed by atoms with Gasteiger partial charge in [-0.1, -0.05) is 24.9 Å². The molecule has 2 aromatic rings. The van der Waals surface area contributed by atoms with Gasteiger partial charge in [-0.2, -0.15) is 0 Å². The molecular formula is C25H36N4O5. The molecule has 186 valence electrons. The molecule has 2 heterocycles. The number of ether oxygens (including phenoxy) is 2. The molecule has 0 aliphatic heterocycles. The molecule has 0 unspecified atom stereocenters. The predicted molar refractivity (Wildman–Crippen MR) is 128 cm³/mol. The minimum Gasteiger partial charge on any atom is -0.444 e. The normalized spacial score (nSPS) is 19.4. The lowest BCUT2D eigenvalue weighted by molar-refractivity contribution is -0.119. The molecule has 34 heavy (non-hydrogen) atoms. The van der Waals surface area contributed by atoms with E-state index in [4.69, 9.17) is 14.0 Å². The largest absolute Gasteiger partial charge is 0.444 e. The number of hydrogen-bond donors (Lipinski definition) is 2. The second-order valence-electron chi connectivity index (χ2n) is 10.1. The van der Waals surface area contributed by atoms with Gasteiger partial charge in [0.05, 0.1) is 12.2 Å². The third kappa shape index (κ3) is 6.79. The molecule has 3 rings (SSSR count). The van der Waals surface area contributed by atoms with Crippen molar-refractivity contribution in [3.63, 3.8) is 0 Å². The smallest absolute Gasteiger partial charge is 0.408 e. The minimum absolute atomic E-state index is 0.0410. The molecular weight excluding hydrogens is 436 g/mol. The van der Waals surface area contributed by atoms with Crippen LogP contribution in [0.25, 0.3) is 11.1 Å². The van der Waals surface area contributed by atoms with E-state index < -0.39 is 17.7 Å². The second kappa shape index (κ2) is 11.0. The zero-order valence-electron chi connectivity index (χ0n) is 20.9. The lowest BCUT2D eigenvalue weighted by Crippen LogP contribution is -2.50. The summed E-state index contributed by atoms with van der Waals surface area (Å²) in [7, 11) is 1.60. The molecule has 0 aromatic carbocycles. The number of nitrogens with one attached hydrogen (secondary N) is 2. The summed E-state index contributed by atoms with van der Waals surface area (Å²) < 4.78 is 15.9. The van der Waals surface area contributed by atoms with Crippen molar-refractivity contribution in [3.05, 3.63) is 29.8 Å². The van der Waals surface area contributed by atoms with Crippen LogP contribution in [0.15, 0.2) is 22.9 Å². The van der Waals surface area contributed by atoms with E-state index in [0.29, 0.717) is 29.8 Å². The van der Waals surface area contributed by atoms with Crippen LogP contribution >= 0.6 is 0 Å². The Balaban J connectivity index is 1.74. The van der Waals surface area contributed by atoms with Gasteiger partial charge in [0.1, 0.15) is 28.9 Å². The predicted octanol–water partition coefficient (Wildman–Crippen LogP) is 4.85. The monoisotopic (exact) mass is 472 g/mol. The number of amides is 2. The van der Waals surface area contributed by atoms with Crippen molar-refractivity contribution in [1.82, 2.24) is 15.5 Å². The highest BCUT2D eigenvalue weighted by molar-refractivity contribution is 5.96. The van der Waals surface area contributed by atoms with Gasteiger partial charge < -0.3 is 24.6 Å².